The predicted molar refractivity (Wildman–Crippen MR) is 111 cm³/mol. The molecule has 1 aliphatic carbocycles. The van der Waals surface area contributed by atoms with Crippen molar-refractivity contribution in [1.82, 2.24) is 20.2 Å². The van der Waals surface area contributed by atoms with Gasteiger partial charge in [0, 0.05) is 17.7 Å². The zero-order valence-corrected chi connectivity index (χ0v) is 16.7. The van der Waals surface area contributed by atoms with E-state index < -0.39 is 0 Å². The van der Waals surface area contributed by atoms with Gasteiger partial charge in [-0.15, -0.1) is 5.10 Å². The van der Waals surface area contributed by atoms with E-state index in [4.69, 9.17) is 4.74 Å². The van der Waals surface area contributed by atoms with Crippen molar-refractivity contribution in [3.63, 3.8) is 0 Å². The van der Waals surface area contributed by atoms with Gasteiger partial charge >= 0.3 is 0 Å². The molecule has 1 saturated carbocycles. The van der Waals surface area contributed by atoms with Crippen LogP contribution >= 0.6 is 0 Å². The zero-order chi connectivity index (χ0) is 20.9. The van der Waals surface area contributed by atoms with Gasteiger partial charge in [0.15, 0.2) is 12.4 Å². The van der Waals surface area contributed by atoms with Gasteiger partial charge in [0.2, 0.25) is 0 Å². The number of aromatic nitrogens is 4. The molecule has 1 fully saturated rings. The number of nitrogens with one attached hydrogen (secondary N) is 1. The summed E-state index contributed by atoms with van der Waals surface area (Å²) >= 11 is 0. The Morgan fingerprint density at radius 1 is 1.17 bits per heavy atom. The van der Waals surface area contributed by atoms with Gasteiger partial charge < -0.3 is 14.8 Å². The maximum atomic E-state index is 12.3. The number of Topliss-reactive ketones (excluding diaryl/α,β-unsaturated/α-hetero) is 1. The second-order valence-electron chi connectivity index (χ2n) is 7.44. The van der Waals surface area contributed by atoms with Crippen LogP contribution in [0.15, 0.2) is 48.5 Å². The van der Waals surface area contributed by atoms with E-state index in [2.05, 4.69) is 20.8 Å². The zero-order valence-electron chi connectivity index (χ0n) is 16.7. The molecule has 0 radical (unpaired) electrons. The van der Waals surface area contributed by atoms with E-state index in [1.165, 1.54) is 0 Å². The standard InChI is InChI=1S/C22H23N5O3/c1-15(28)5-6-16-7-11-20(12-8-16)30-14-21(29)23-18-4-2-3-17(13-18)22-24-25-26-27(22)19-9-10-19/h2-4,7-8,11-13,19H,5-6,9-10,14H2,1H3,(H,23,29). The van der Waals surface area contributed by atoms with Crippen LogP contribution in [0.25, 0.3) is 11.4 Å². The highest BCUT2D eigenvalue weighted by Crippen LogP contribution is 2.36. The van der Waals surface area contributed by atoms with E-state index in [9.17, 15) is 9.59 Å². The average molecular weight is 405 g/mol. The van der Waals surface area contributed by atoms with Crippen molar-refractivity contribution in [1.29, 1.82) is 0 Å². The maximum Gasteiger partial charge on any atom is 0.262 e. The molecule has 1 aliphatic rings. The number of hydrogen-bond donors (Lipinski definition) is 1. The molecule has 0 spiro atoms. The van der Waals surface area contributed by atoms with Gasteiger partial charge in [-0.05, 0) is 66.4 Å². The summed E-state index contributed by atoms with van der Waals surface area (Å²) in [5, 5.41) is 14.8. The third kappa shape index (κ3) is 5.08. The van der Waals surface area contributed by atoms with Gasteiger partial charge in [-0.2, -0.15) is 0 Å². The Balaban J connectivity index is 1.32. The van der Waals surface area contributed by atoms with Crippen LogP contribution in [0.5, 0.6) is 5.75 Å². The highest BCUT2D eigenvalue weighted by molar-refractivity contribution is 5.92. The molecule has 0 atom stereocenters. The van der Waals surface area contributed by atoms with Crippen molar-refractivity contribution in [3.8, 4) is 17.1 Å². The summed E-state index contributed by atoms with van der Waals surface area (Å²) in [6.45, 7) is 1.48. The van der Waals surface area contributed by atoms with Crippen LogP contribution in [0.3, 0.4) is 0 Å². The Bertz CT molecular complexity index is 1040. The third-order valence-electron chi connectivity index (χ3n) is 4.85. The molecular weight excluding hydrogens is 382 g/mol. The summed E-state index contributed by atoms with van der Waals surface area (Å²) in [6.07, 6.45) is 3.40. The second kappa shape index (κ2) is 8.86. The monoisotopic (exact) mass is 405 g/mol. The van der Waals surface area contributed by atoms with Crippen molar-refractivity contribution in [2.75, 3.05) is 11.9 Å². The number of nitrogens with zero attached hydrogens (tertiary/aromatic N) is 4. The highest BCUT2D eigenvalue weighted by Gasteiger charge is 2.28. The van der Waals surface area contributed by atoms with E-state index in [1.54, 1.807) is 19.1 Å². The van der Waals surface area contributed by atoms with Crippen LogP contribution in [0.1, 0.15) is 37.8 Å². The Labute approximate surface area is 174 Å². The fraction of sp³-hybridized carbons (Fsp3) is 0.318. The molecule has 1 heterocycles. The number of carbonyl (C=O) groups is 2. The molecule has 30 heavy (non-hydrogen) atoms. The van der Waals surface area contributed by atoms with Crippen LogP contribution in [0, 0.1) is 0 Å². The lowest BCUT2D eigenvalue weighted by molar-refractivity contribution is -0.118. The van der Waals surface area contributed by atoms with Crippen molar-refractivity contribution in [2.24, 2.45) is 0 Å². The van der Waals surface area contributed by atoms with Crippen LogP contribution in [0.2, 0.25) is 0 Å². The van der Waals surface area contributed by atoms with Crippen molar-refractivity contribution in [2.45, 2.75) is 38.6 Å². The highest BCUT2D eigenvalue weighted by atomic mass is 16.5. The minimum Gasteiger partial charge on any atom is -0.484 e. The number of ketones is 1. The minimum atomic E-state index is -0.255. The summed E-state index contributed by atoms with van der Waals surface area (Å²) in [7, 11) is 0. The molecule has 2 aromatic carbocycles. The molecule has 8 nitrogen and oxygen atoms in total. The first-order valence-corrected chi connectivity index (χ1v) is 9.98. The minimum absolute atomic E-state index is 0.100. The smallest absolute Gasteiger partial charge is 0.262 e. The molecule has 8 heteroatoms. The number of tetrazole rings is 1. The van der Waals surface area contributed by atoms with Crippen molar-refractivity contribution in [3.05, 3.63) is 54.1 Å². The number of ether oxygens (including phenoxy) is 1. The maximum absolute atomic E-state index is 12.3. The Hall–Kier alpha value is -3.55. The van der Waals surface area contributed by atoms with Crippen molar-refractivity contribution < 1.29 is 14.3 Å². The average Bonchev–Trinajstić information content (AvgIpc) is 3.48. The molecule has 3 aromatic rings. The number of benzene rings is 2. The second-order valence-corrected chi connectivity index (χ2v) is 7.44. The van der Waals surface area contributed by atoms with Gasteiger partial charge in [-0.3, -0.25) is 4.79 Å². The lowest BCUT2D eigenvalue weighted by Gasteiger charge is -2.09. The summed E-state index contributed by atoms with van der Waals surface area (Å²) in [5.74, 6) is 1.22. The van der Waals surface area contributed by atoms with E-state index in [0.29, 0.717) is 36.1 Å². The molecule has 0 unspecified atom stereocenters. The SMILES string of the molecule is CC(=O)CCc1ccc(OCC(=O)Nc2cccc(-c3nnnn3C3CC3)c2)cc1. The predicted octanol–water partition coefficient (Wildman–Crippen LogP) is 3.21. The van der Waals surface area contributed by atoms with Gasteiger partial charge in [0.1, 0.15) is 11.5 Å². The Morgan fingerprint density at radius 2 is 1.97 bits per heavy atom. The molecule has 0 aliphatic heterocycles. The molecule has 1 aromatic heterocycles. The first-order valence-electron chi connectivity index (χ1n) is 9.98. The van der Waals surface area contributed by atoms with Crippen LogP contribution in [0.4, 0.5) is 5.69 Å². The van der Waals surface area contributed by atoms with Crippen LogP contribution in [-0.4, -0.2) is 38.5 Å². The van der Waals surface area contributed by atoms with Gasteiger partial charge in [-0.1, -0.05) is 24.3 Å². The molecule has 0 bridgehead atoms. The first kappa shape index (κ1) is 19.8. The molecular formula is C22H23N5O3. The number of hydrogen-bond acceptors (Lipinski definition) is 6. The summed E-state index contributed by atoms with van der Waals surface area (Å²) in [6, 6.07) is 15.2. The number of aryl methyl sites for hydroxylation is 1. The van der Waals surface area contributed by atoms with E-state index in [1.807, 2.05) is 41.1 Å². The quantitative estimate of drug-likeness (QED) is 0.587. The van der Waals surface area contributed by atoms with Crippen molar-refractivity contribution >= 4 is 17.4 Å². The molecule has 1 amide bonds. The van der Waals surface area contributed by atoms with Crippen LogP contribution < -0.4 is 10.1 Å². The third-order valence-corrected chi connectivity index (χ3v) is 4.85. The molecule has 0 saturated heterocycles. The molecule has 1 N–H and O–H groups in total. The van der Waals surface area contributed by atoms with Gasteiger partial charge in [0.05, 0.1) is 6.04 Å². The summed E-state index contributed by atoms with van der Waals surface area (Å²) in [4.78, 5) is 23.4. The van der Waals surface area contributed by atoms with E-state index in [0.717, 1.165) is 24.0 Å². The Kier molecular flexibility index (Phi) is 5.83. The normalized spacial score (nSPS) is 13.1. The first-order chi connectivity index (χ1) is 14.6. The lowest BCUT2D eigenvalue weighted by atomic mass is 10.1. The number of anilines is 1. The van der Waals surface area contributed by atoms with Gasteiger partial charge in [0.25, 0.3) is 5.91 Å². The van der Waals surface area contributed by atoms with Crippen LogP contribution in [-0.2, 0) is 16.0 Å². The van der Waals surface area contributed by atoms with Gasteiger partial charge in [-0.25, -0.2) is 4.68 Å². The molecule has 154 valence electrons. The van der Waals surface area contributed by atoms with E-state index in [-0.39, 0.29) is 18.3 Å². The summed E-state index contributed by atoms with van der Waals surface area (Å²) < 4.78 is 7.40. The summed E-state index contributed by atoms with van der Waals surface area (Å²) in [5.41, 5.74) is 2.57. The molecule has 4 rings (SSSR count). The number of carbonyl (C=O) groups excluding carboxylic acids is 2. The largest absolute Gasteiger partial charge is 0.484 e. The fourth-order valence-corrected chi connectivity index (χ4v) is 3.10. The lowest BCUT2D eigenvalue weighted by Crippen LogP contribution is -2.20. The number of amides is 1. The Morgan fingerprint density at radius 3 is 2.70 bits per heavy atom. The number of rotatable bonds is 9. The fourth-order valence-electron chi connectivity index (χ4n) is 3.10. The van der Waals surface area contributed by atoms with E-state index >= 15 is 0 Å². The topological polar surface area (TPSA) is 99.0 Å².